The molecule has 1 aromatic heterocycles. The van der Waals surface area contributed by atoms with Crippen LogP contribution in [0.2, 0.25) is 0 Å². The number of carboxylic acid groups (broad SMARTS) is 1. The number of rotatable bonds is 3. The minimum atomic E-state index is -3.40. The molecule has 2 rings (SSSR count). The van der Waals surface area contributed by atoms with Crippen LogP contribution in [0.5, 0.6) is 0 Å². The van der Waals surface area contributed by atoms with Gasteiger partial charge < -0.3 is 5.11 Å². The number of aryl methyl sites for hydroxylation is 1. The molecule has 7 heteroatoms. The average molecular weight is 280 g/mol. The van der Waals surface area contributed by atoms with E-state index in [9.17, 15) is 13.2 Å². The number of hydrogen-bond acceptors (Lipinski definition) is 4. The molecule has 0 aliphatic heterocycles. The van der Waals surface area contributed by atoms with Gasteiger partial charge in [-0.2, -0.15) is 5.10 Å². The maximum Gasteiger partial charge on any atom is 0.356 e. The summed E-state index contributed by atoms with van der Waals surface area (Å²) in [4.78, 5) is 11.0. The number of benzene rings is 1. The van der Waals surface area contributed by atoms with Gasteiger partial charge in [-0.25, -0.2) is 13.2 Å². The molecule has 0 amide bonds. The number of aromatic nitrogens is 2. The highest BCUT2D eigenvalue weighted by Gasteiger charge is 2.18. The van der Waals surface area contributed by atoms with Crippen LogP contribution in [0, 0.1) is 0 Å². The molecule has 0 aliphatic rings. The maximum atomic E-state index is 11.7. The second kappa shape index (κ2) is 4.51. The summed E-state index contributed by atoms with van der Waals surface area (Å²) < 4.78 is 24.8. The first-order valence-electron chi connectivity index (χ1n) is 5.37. The highest BCUT2D eigenvalue weighted by atomic mass is 32.2. The zero-order chi connectivity index (χ0) is 14.2. The molecule has 0 bridgehead atoms. The number of carboxylic acids is 1. The molecular formula is C12H12N2O4S. The number of sulfone groups is 1. The Morgan fingerprint density at radius 3 is 2.47 bits per heavy atom. The third-order valence-corrected chi connectivity index (χ3v) is 3.82. The van der Waals surface area contributed by atoms with Crippen molar-refractivity contribution in [1.82, 2.24) is 9.78 Å². The van der Waals surface area contributed by atoms with Gasteiger partial charge in [0.1, 0.15) is 0 Å². The second-order valence-corrected chi connectivity index (χ2v) is 6.10. The van der Waals surface area contributed by atoms with Gasteiger partial charge in [-0.1, -0.05) is 18.2 Å². The van der Waals surface area contributed by atoms with Crippen LogP contribution in [0.1, 0.15) is 10.5 Å². The van der Waals surface area contributed by atoms with E-state index in [2.05, 4.69) is 5.10 Å². The summed E-state index contributed by atoms with van der Waals surface area (Å²) in [6.07, 6.45) is 1.11. The molecule has 0 saturated carbocycles. The molecule has 0 radical (unpaired) electrons. The van der Waals surface area contributed by atoms with Crippen molar-refractivity contribution in [3.05, 3.63) is 36.0 Å². The van der Waals surface area contributed by atoms with Gasteiger partial charge >= 0.3 is 5.97 Å². The quantitative estimate of drug-likeness (QED) is 0.912. The summed E-state index contributed by atoms with van der Waals surface area (Å²) in [5.41, 5.74) is 0.756. The lowest BCUT2D eigenvalue weighted by molar-refractivity contribution is 0.0689. The van der Waals surface area contributed by atoms with E-state index in [4.69, 9.17) is 5.11 Å². The van der Waals surface area contributed by atoms with Crippen molar-refractivity contribution >= 4 is 15.8 Å². The molecule has 0 saturated heterocycles. The van der Waals surface area contributed by atoms with Gasteiger partial charge in [-0.3, -0.25) is 4.68 Å². The molecule has 0 atom stereocenters. The molecule has 0 fully saturated rings. The summed E-state index contributed by atoms with van der Waals surface area (Å²) >= 11 is 0. The van der Waals surface area contributed by atoms with Gasteiger partial charge in [-0.15, -0.1) is 0 Å². The van der Waals surface area contributed by atoms with Crippen LogP contribution < -0.4 is 0 Å². The van der Waals surface area contributed by atoms with E-state index >= 15 is 0 Å². The number of aromatic carboxylic acids is 1. The lowest BCUT2D eigenvalue weighted by Gasteiger charge is -2.07. The van der Waals surface area contributed by atoms with Gasteiger partial charge in [0.05, 0.1) is 10.6 Å². The predicted molar refractivity (Wildman–Crippen MR) is 68.7 cm³/mol. The third kappa shape index (κ3) is 2.50. The molecule has 6 nitrogen and oxygen atoms in total. The minimum absolute atomic E-state index is 0.124. The number of carbonyl (C=O) groups is 1. The normalized spacial score (nSPS) is 11.5. The molecular weight excluding hydrogens is 268 g/mol. The summed E-state index contributed by atoms with van der Waals surface area (Å²) in [7, 11) is -1.83. The lowest BCUT2D eigenvalue weighted by atomic mass is 10.1. The van der Waals surface area contributed by atoms with Crippen LogP contribution >= 0.6 is 0 Å². The molecule has 1 aromatic carbocycles. The van der Waals surface area contributed by atoms with E-state index in [0.29, 0.717) is 11.3 Å². The zero-order valence-electron chi connectivity index (χ0n) is 10.4. The Bertz CT molecular complexity index is 747. The average Bonchev–Trinajstić information content (AvgIpc) is 2.70. The van der Waals surface area contributed by atoms with Crippen LogP contribution in [-0.4, -0.2) is 35.5 Å². The van der Waals surface area contributed by atoms with Gasteiger partial charge in [0.2, 0.25) is 0 Å². The van der Waals surface area contributed by atoms with Gasteiger partial charge in [0.25, 0.3) is 0 Å². The van der Waals surface area contributed by atoms with E-state index in [0.717, 1.165) is 6.26 Å². The molecule has 2 aromatic rings. The number of nitrogens with zero attached hydrogens (tertiary/aromatic N) is 2. The van der Waals surface area contributed by atoms with E-state index in [-0.39, 0.29) is 10.6 Å². The zero-order valence-corrected chi connectivity index (χ0v) is 11.2. The summed E-state index contributed by atoms with van der Waals surface area (Å²) in [6.45, 7) is 0. The van der Waals surface area contributed by atoms with Crippen LogP contribution in [0.15, 0.2) is 35.2 Å². The van der Waals surface area contributed by atoms with Crippen molar-refractivity contribution < 1.29 is 18.3 Å². The monoisotopic (exact) mass is 280 g/mol. The van der Waals surface area contributed by atoms with Gasteiger partial charge in [0, 0.05) is 18.9 Å². The van der Waals surface area contributed by atoms with Crippen molar-refractivity contribution in [1.29, 1.82) is 0 Å². The predicted octanol–water partition coefficient (Wildman–Crippen LogP) is 1.19. The highest BCUT2D eigenvalue weighted by Crippen LogP contribution is 2.27. The van der Waals surface area contributed by atoms with Gasteiger partial charge in [0.15, 0.2) is 15.5 Å². The Labute approximate surface area is 110 Å². The van der Waals surface area contributed by atoms with Crippen LogP contribution in [0.3, 0.4) is 0 Å². The Morgan fingerprint density at radius 1 is 1.32 bits per heavy atom. The Hall–Kier alpha value is -2.15. The van der Waals surface area contributed by atoms with Gasteiger partial charge in [-0.05, 0) is 12.1 Å². The largest absolute Gasteiger partial charge is 0.476 e. The fraction of sp³-hybridized carbons (Fsp3) is 0.167. The second-order valence-electron chi connectivity index (χ2n) is 4.11. The highest BCUT2D eigenvalue weighted by molar-refractivity contribution is 7.90. The lowest BCUT2D eigenvalue weighted by Crippen LogP contribution is -2.02. The van der Waals surface area contributed by atoms with Crippen molar-refractivity contribution in [3.8, 4) is 11.3 Å². The van der Waals surface area contributed by atoms with Crippen LogP contribution in [-0.2, 0) is 16.9 Å². The minimum Gasteiger partial charge on any atom is -0.476 e. The molecule has 1 heterocycles. The Kier molecular flexibility index (Phi) is 3.15. The summed E-state index contributed by atoms with van der Waals surface area (Å²) in [6, 6.07) is 7.77. The first-order chi connectivity index (χ1) is 8.80. The van der Waals surface area contributed by atoms with Crippen molar-refractivity contribution in [2.45, 2.75) is 4.90 Å². The summed E-state index contributed by atoms with van der Waals surface area (Å²) in [5, 5.41) is 12.7. The van der Waals surface area contributed by atoms with E-state index in [1.165, 1.54) is 16.8 Å². The van der Waals surface area contributed by atoms with Crippen molar-refractivity contribution in [2.24, 2.45) is 7.05 Å². The van der Waals surface area contributed by atoms with Crippen molar-refractivity contribution in [2.75, 3.05) is 6.26 Å². The van der Waals surface area contributed by atoms with E-state index < -0.39 is 15.8 Å². The Morgan fingerprint density at radius 2 is 1.95 bits per heavy atom. The smallest absolute Gasteiger partial charge is 0.356 e. The fourth-order valence-corrected chi connectivity index (χ4v) is 2.72. The van der Waals surface area contributed by atoms with Crippen molar-refractivity contribution in [3.63, 3.8) is 0 Å². The Balaban J connectivity index is 2.70. The molecule has 0 unspecified atom stereocenters. The topological polar surface area (TPSA) is 89.3 Å². The third-order valence-electron chi connectivity index (χ3n) is 2.66. The first kappa shape index (κ1) is 13.3. The fourth-order valence-electron chi connectivity index (χ4n) is 1.83. The molecule has 0 spiro atoms. The molecule has 100 valence electrons. The maximum absolute atomic E-state index is 11.7. The van der Waals surface area contributed by atoms with Crippen LogP contribution in [0.25, 0.3) is 11.3 Å². The molecule has 19 heavy (non-hydrogen) atoms. The van der Waals surface area contributed by atoms with E-state index in [1.807, 2.05) is 0 Å². The van der Waals surface area contributed by atoms with E-state index in [1.54, 1.807) is 25.2 Å². The first-order valence-corrected chi connectivity index (χ1v) is 7.26. The number of hydrogen-bond donors (Lipinski definition) is 1. The molecule has 0 aliphatic carbocycles. The molecule has 1 N–H and O–H groups in total. The summed E-state index contributed by atoms with van der Waals surface area (Å²) in [5.74, 6) is -1.15. The SMILES string of the molecule is Cn1nc(C(=O)O)cc1-c1ccccc1S(C)(=O)=O. The van der Waals surface area contributed by atoms with Crippen LogP contribution in [0.4, 0.5) is 0 Å². The standard InChI is InChI=1S/C12H12N2O4S/c1-14-10(7-9(13-14)12(15)16)8-5-3-4-6-11(8)19(2,17)18/h3-7H,1-2H3,(H,15,16).